The summed E-state index contributed by atoms with van der Waals surface area (Å²) >= 11 is 0. The minimum atomic E-state index is -0.704. The minimum absolute atomic E-state index is 0.277. The number of rotatable bonds is 5. The summed E-state index contributed by atoms with van der Waals surface area (Å²) < 4.78 is 5.21. The molecule has 7 nitrogen and oxygen atoms in total. The maximum Gasteiger partial charge on any atom is 0.408 e. The molecule has 1 fully saturated rings. The van der Waals surface area contributed by atoms with Crippen LogP contribution in [0.25, 0.3) is 0 Å². The number of nitrogens with zero attached hydrogens (tertiary/aromatic N) is 2. The van der Waals surface area contributed by atoms with Gasteiger partial charge in [0.05, 0.1) is 11.4 Å². The fourth-order valence-corrected chi connectivity index (χ4v) is 2.95. The van der Waals surface area contributed by atoms with Crippen molar-refractivity contribution < 1.29 is 14.3 Å². The highest BCUT2D eigenvalue weighted by molar-refractivity contribution is 5.98. The Hall–Kier alpha value is -2.28. The molecule has 7 heteroatoms. The van der Waals surface area contributed by atoms with Gasteiger partial charge in [-0.15, -0.1) is 0 Å². The lowest BCUT2D eigenvalue weighted by Gasteiger charge is -2.36. The molecule has 2 N–H and O–H groups in total. The Morgan fingerprint density at radius 2 is 1.78 bits per heavy atom. The molecule has 1 aliphatic rings. The van der Waals surface area contributed by atoms with Crippen LogP contribution >= 0.6 is 0 Å². The molecule has 0 saturated carbocycles. The topological polar surface area (TPSA) is 73.9 Å². The summed E-state index contributed by atoms with van der Waals surface area (Å²) in [5.74, 6) is -0.277. The highest BCUT2D eigenvalue weighted by Gasteiger charge is 2.23. The molecule has 27 heavy (non-hydrogen) atoms. The van der Waals surface area contributed by atoms with Crippen LogP contribution in [0.5, 0.6) is 0 Å². The predicted molar refractivity (Wildman–Crippen MR) is 108 cm³/mol. The quantitative estimate of drug-likeness (QED) is 0.827. The highest BCUT2D eigenvalue weighted by atomic mass is 16.6. The molecule has 150 valence electrons. The Morgan fingerprint density at radius 1 is 1.15 bits per heavy atom. The number of piperazine rings is 1. The number of carbonyl (C=O) groups is 2. The summed E-state index contributed by atoms with van der Waals surface area (Å²) in [7, 11) is 0. The first-order valence-corrected chi connectivity index (χ1v) is 9.56. The average Bonchev–Trinajstić information content (AvgIpc) is 2.60. The van der Waals surface area contributed by atoms with Gasteiger partial charge in [-0.2, -0.15) is 0 Å². The maximum atomic E-state index is 12.5. The number of para-hydroxylation sites is 2. The predicted octanol–water partition coefficient (Wildman–Crippen LogP) is 2.68. The van der Waals surface area contributed by atoms with Crippen molar-refractivity contribution in [2.75, 3.05) is 42.9 Å². The number of anilines is 2. The van der Waals surface area contributed by atoms with Gasteiger partial charge in [0, 0.05) is 26.2 Å². The summed E-state index contributed by atoms with van der Waals surface area (Å²) in [4.78, 5) is 29.1. The number of ether oxygens (including phenoxy) is 1. The van der Waals surface area contributed by atoms with Gasteiger partial charge in [0.25, 0.3) is 0 Å². The first kappa shape index (κ1) is 21.0. The summed E-state index contributed by atoms with van der Waals surface area (Å²) in [6, 6.07) is 7.07. The van der Waals surface area contributed by atoms with Gasteiger partial charge in [0.15, 0.2) is 0 Å². The Bertz CT molecular complexity index is 649. The Morgan fingerprint density at radius 3 is 2.37 bits per heavy atom. The molecule has 1 saturated heterocycles. The van der Waals surface area contributed by atoms with E-state index in [0.717, 1.165) is 44.1 Å². The maximum absolute atomic E-state index is 12.5. The van der Waals surface area contributed by atoms with Crippen molar-refractivity contribution in [3.8, 4) is 0 Å². The summed E-state index contributed by atoms with van der Waals surface area (Å²) in [5.41, 5.74) is 1.16. The molecule has 0 aromatic heterocycles. The molecule has 1 aliphatic heterocycles. The molecule has 2 rings (SSSR count). The lowest BCUT2D eigenvalue weighted by molar-refractivity contribution is -0.117. The zero-order valence-electron chi connectivity index (χ0n) is 17.0. The van der Waals surface area contributed by atoms with E-state index >= 15 is 0 Å². The SMILES string of the molecule is CCN1CCN(c2ccccc2NC(=O)[C@@H](C)NC(=O)OC(C)(C)C)CC1. The molecule has 0 radical (unpaired) electrons. The van der Waals surface area contributed by atoms with E-state index in [1.807, 2.05) is 24.3 Å². The smallest absolute Gasteiger partial charge is 0.408 e. The first-order chi connectivity index (χ1) is 12.7. The van der Waals surface area contributed by atoms with E-state index in [2.05, 4.69) is 27.4 Å². The number of amides is 2. The van der Waals surface area contributed by atoms with Crippen LogP contribution in [0, 0.1) is 0 Å². The number of hydrogen-bond donors (Lipinski definition) is 2. The molecule has 0 spiro atoms. The standard InChI is InChI=1S/C20H32N4O3/c1-6-23-11-13-24(14-12-23)17-10-8-7-9-16(17)22-18(25)15(2)21-19(26)27-20(3,4)5/h7-10,15H,6,11-14H2,1-5H3,(H,21,26)(H,22,25)/t15-/m1/s1. The number of carbonyl (C=O) groups excluding carboxylic acids is 2. The van der Waals surface area contributed by atoms with Crippen LogP contribution in [0.1, 0.15) is 34.6 Å². The van der Waals surface area contributed by atoms with Crippen molar-refractivity contribution in [1.82, 2.24) is 10.2 Å². The van der Waals surface area contributed by atoms with Gasteiger partial charge in [0.1, 0.15) is 11.6 Å². The zero-order chi connectivity index (χ0) is 20.0. The Kier molecular flexibility index (Phi) is 7.07. The highest BCUT2D eigenvalue weighted by Crippen LogP contribution is 2.26. The molecule has 1 heterocycles. The zero-order valence-corrected chi connectivity index (χ0v) is 17.0. The normalized spacial score (nSPS) is 16.6. The van der Waals surface area contributed by atoms with Crippen LogP contribution < -0.4 is 15.5 Å². The van der Waals surface area contributed by atoms with E-state index in [0.29, 0.717) is 0 Å². The van der Waals surface area contributed by atoms with Crippen LogP contribution in [0.15, 0.2) is 24.3 Å². The monoisotopic (exact) mass is 376 g/mol. The van der Waals surface area contributed by atoms with Crippen molar-refractivity contribution in [1.29, 1.82) is 0 Å². The number of alkyl carbamates (subject to hydrolysis) is 1. The second-order valence-electron chi connectivity index (χ2n) is 7.80. The number of benzene rings is 1. The third-order valence-corrected chi connectivity index (χ3v) is 4.45. The number of hydrogen-bond acceptors (Lipinski definition) is 5. The second kappa shape index (κ2) is 9.08. The van der Waals surface area contributed by atoms with Crippen LogP contribution in [0.3, 0.4) is 0 Å². The molecular formula is C20H32N4O3. The van der Waals surface area contributed by atoms with Crippen molar-refractivity contribution in [2.24, 2.45) is 0 Å². The molecule has 0 bridgehead atoms. The summed E-state index contributed by atoms with van der Waals surface area (Å²) in [5, 5.41) is 5.51. The molecule has 2 amide bonds. The Balaban J connectivity index is 1.98. The van der Waals surface area contributed by atoms with Gasteiger partial charge in [-0.3, -0.25) is 4.79 Å². The molecular weight excluding hydrogens is 344 g/mol. The second-order valence-corrected chi connectivity index (χ2v) is 7.80. The van der Waals surface area contributed by atoms with Gasteiger partial charge < -0.3 is 25.2 Å². The lowest BCUT2D eigenvalue weighted by Crippen LogP contribution is -2.47. The van der Waals surface area contributed by atoms with Crippen LogP contribution in [-0.2, 0) is 9.53 Å². The van der Waals surface area contributed by atoms with Crippen molar-refractivity contribution in [2.45, 2.75) is 46.3 Å². The fourth-order valence-electron chi connectivity index (χ4n) is 2.95. The fraction of sp³-hybridized carbons (Fsp3) is 0.600. The minimum Gasteiger partial charge on any atom is -0.444 e. The van der Waals surface area contributed by atoms with Crippen LogP contribution in [0.2, 0.25) is 0 Å². The summed E-state index contributed by atoms with van der Waals surface area (Å²) in [6.07, 6.45) is -0.603. The van der Waals surface area contributed by atoms with E-state index in [1.165, 1.54) is 0 Å². The van der Waals surface area contributed by atoms with E-state index in [4.69, 9.17) is 4.74 Å². The molecule has 0 aliphatic carbocycles. The third kappa shape index (κ3) is 6.43. The van der Waals surface area contributed by atoms with E-state index in [-0.39, 0.29) is 5.91 Å². The largest absolute Gasteiger partial charge is 0.444 e. The van der Waals surface area contributed by atoms with E-state index in [9.17, 15) is 9.59 Å². The molecule has 1 aromatic carbocycles. The first-order valence-electron chi connectivity index (χ1n) is 9.56. The number of nitrogens with one attached hydrogen (secondary N) is 2. The molecule has 0 unspecified atom stereocenters. The van der Waals surface area contributed by atoms with Crippen molar-refractivity contribution >= 4 is 23.4 Å². The van der Waals surface area contributed by atoms with Crippen molar-refractivity contribution in [3.63, 3.8) is 0 Å². The molecule has 1 aromatic rings. The van der Waals surface area contributed by atoms with Gasteiger partial charge in [-0.1, -0.05) is 19.1 Å². The Labute approximate surface area is 162 Å². The molecule has 1 atom stereocenters. The van der Waals surface area contributed by atoms with Gasteiger partial charge in [-0.05, 0) is 46.4 Å². The van der Waals surface area contributed by atoms with Crippen LogP contribution in [0.4, 0.5) is 16.2 Å². The van der Waals surface area contributed by atoms with Crippen LogP contribution in [-0.4, -0.2) is 61.3 Å². The van der Waals surface area contributed by atoms with E-state index in [1.54, 1.807) is 27.7 Å². The lowest BCUT2D eigenvalue weighted by atomic mass is 10.2. The third-order valence-electron chi connectivity index (χ3n) is 4.45. The van der Waals surface area contributed by atoms with Gasteiger partial charge >= 0.3 is 6.09 Å². The van der Waals surface area contributed by atoms with Gasteiger partial charge in [-0.25, -0.2) is 4.79 Å². The van der Waals surface area contributed by atoms with E-state index < -0.39 is 17.7 Å². The number of likely N-dealkylation sites (N-methyl/N-ethyl adjacent to an activating group) is 1. The summed E-state index contributed by atoms with van der Waals surface area (Å²) in [6.45, 7) is 14.1. The van der Waals surface area contributed by atoms with Crippen molar-refractivity contribution in [3.05, 3.63) is 24.3 Å². The van der Waals surface area contributed by atoms with Gasteiger partial charge in [0.2, 0.25) is 5.91 Å². The average molecular weight is 377 g/mol.